The summed E-state index contributed by atoms with van der Waals surface area (Å²) in [6.07, 6.45) is 5.09. The van der Waals surface area contributed by atoms with Crippen molar-refractivity contribution in [3.63, 3.8) is 0 Å². The van der Waals surface area contributed by atoms with E-state index in [2.05, 4.69) is 19.9 Å². The number of anilines is 1. The molecular weight excluding hydrogens is 366 g/mol. The van der Waals surface area contributed by atoms with Crippen LogP contribution in [0, 0.1) is 0 Å². The summed E-state index contributed by atoms with van der Waals surface area (Å²) in [5.74, 6) is 1.42. The monoisotopic (exact) mass is 383 g/mol. The molecule has 5 rings (SSSR count). The van der Waals surface area contributed by atoms with E-state index in [4.69, 9.17) is 16.3 Å². The molecule has 0 atom stereocenters. The molecule has 2 fully saturated rings. The van der Waals surface area contributed by atoms with Crippen molar-refractivity contribution in [2.24, 2.45) is 0 Å². The van der Waals surface area contributed by atoms with E-state index in [1.54, 1.807) is 30.6 Å². The van der Waals surface area contributed by atoms with Gasteiger partial charge in [0.1, 0.15) is 23.5 Å². The fourth-order valence-corrected chi connectivity index (χ4v) is 3.91. The molecule has 8 heteroatoms. The molecule has 0 unspecified atom stereocenters. The van der Waals surface area contributed by atoms with Crippen LogP contribution in [0.3, 0.4) is 0 Å². The molecule has 7 nitrogen and oxygen atoms in total. The van der Waals surface area contributed by atoms with Gasteiger partial charge in [-0.05, 0) is 43.2 Å². The van der Waals surface area contributed by atoms with Crippen LogP contribution in [0.4, 0.5) is 10.6 Å². The van der Waals surface area contributed by atoms with Crippen molar-refractivity contribution in [1.82, 2.24) is 19.9 Å². The topological polar surface area (TPSA) is 74.3 Å². The SMILES string of the molecule is O=C(Oc1ccc(Cl)cc1)N1CCN(c2ncnc3[nH]ccc23)CC12CC2. The summed E-state index contributed by atoms with van der Waals surface area (Å²) in [5, 5.41) is 1.62. The Morgan fingerprint density at radius 2 is 1.96 bits per heavy atom. The number of aromatic amines is 1. The van der Waals surface area contributed by atoms with Crippen LogP contribution in [0.15, 0.2) is 42.9 Å². The first kappa shape index (κ1) is 16.4. The van der Waals surface area contributed by atoms with E-state index in [0.717, 1.165) is 36.2 Å². The minimum Gasteiger partial charge on any atom is -0.410 e. The highest BCUT2D eigenvalue weighted by Gasteiger charge is 2.54. The number of amides is 1. The summed E-state index contributed by atoms with van der Waals surface area (Å²) in [6, 6.07) is 8.84. The molecule has 0 radical (unpaired) electrons. The van der Waals surface area contributed by atoms with Crippen molar-refractivity contribution < 1.29 is 9.53 Å². The third kappa shape index (κ3) is 2.88. The van der Waals surface area contributed by atoms with Gasteiger partial charge in [-0.3, -0.25) is 4.90 Å². The highest BCUT2D eigenvalue weighted by Crippen LogP contribution is 2.45. The van der Waals surface area contributed by atoms with Crippen molar-refractivity contribution in [1.29, 1.82) is 0 Å². The van der Waals surface area contributed by atoms with E-state index in [1.165, 1.54) is 0 Å². The largest absolute Gasteiger partial charge is 0.415 e. The summed E-state index contributed by atoms with van der Waals surface area (Å²) >= 11 is 5.89. The van der Waals surface area contributed by atoms with Gasteiger partial charge in [0, 0.05) is 30.9 Å². The highest BCUT2D eigenvalue weighted by atomic mass is 35.5. The number of ether oxygens (including phenoxy) is 1. The van der Waals surface area contributed by atoms with Gasteiger partial charge in [-0.15, -0.1) is 0 Å². The van der Waals surface area contributed by atoms with Crippen molar-refractivity contribution in [2.45, 2.75) is 18.4 Å². The van der Waals surface area contributed by atoms with E-state index in [0.29, 0.717) is 23.9 Å². The first-order valence-corrected chi connectivity index (χ1v) is 9.31. The third-order valence-electron chi connectivity index (χ3n) is 5.35. The van der Waals surface area contributed by atoms with Crippen molar-refractivity contribution >= 4 is 34.5 Å². The van der Waals surface area contributed by atoms with Crippen LogP contribution in [-0.2, 0) is 0 Å². The second-order valence-corrected chi connectivity index (χ2v) is 7.49. The number of carbonyl (C=O) groups is 1. The second kappa shape index (κ2) is 6.13. The predicted molar refractivity (Wildman–Crippen MR) is 102 cm³/mol. The van der Waals surface area contributed by atoms with Gasteiger partial charge < -0.3 is 14.6 Å². The van der Waals surface area contributed by atoms with Gasteiger partial charge in [0.25, 0.3) is 0 Å². The maximum atomic E-state index is 12.7. The first-order valence-electron chi connectivity index (χ1n) is 8.93. The summed E-state index contributed by atoms with van der Waals surface area (Å²) in [6.45, 7) is 2.05. The first-order chi connectivity index (χ1) is 13.1. The molecule has 0 bridgehead atoms. The van der Waals surface area contributed by atoms with Gasteiger partial charge in [-0.1, -0.05) is 11.6 Å². The Balaban J connectivity index is 1.34. The van der Waals surface area contributed by atoms with E-state index in [9.17, 15) is 4.79 Å². The maximum absolute atomic E-state index is 12.7. The van der Waals surface area contributed by atoms with Crippen molar-refractivity contribution in [3.05, 3.63) is 47.9 Å². The molecule has 1 saturated carbocycles. The lowest BCUT2D eigenvalue weighted by atomic mass is 10.1. The second-order valence-electron chi connectivity index (χ2n) is 7.06. The molecule has 1 aliphatic heterocycles. The fourth-order valence-electron chi connectivity index (χ4n) is 3.78. The van der Waals surface area contributed by atoms with Gasteiger partial charge in [0.2, 0.25) is 0 Å². The Bertz CT molecular complexity index is 999. The number of benzene rings is 1. The molecule has 2 aromatic heterocycles. The summed E-state index contributed by atoms with van der Waals surface area (Å²) < 4.78 is 5.56. The Hall–Kier alpha value is -2.80. The summed E-state index contributed by atoms with van der Waals surface area (Å²) in [4.78, 5) is 28.7. The molecule has 1 aromatic carbocycles. The van der Waals surface area contributed by atoms with Gasteiger partial charge in [0.05, 0.1) is 10.9 Å². The zero-order chi connectivity index (χ0) is 18.4. The third-order valence-corrected chi connectivity index (χ3v) is 5.60. The number of halogens is 1. The number of rotatable bonds is 2. The van der Waals surface area contributed by atoms with Gasteiger partial charge in [0.15, 0.2) is 0 Å². The van der Waals surface area contributed by atoms with Crippen LogP contribution in [-0.4, -0.2) is 51.1 Å². The average molecular weight is 384 g/mol. The highest BCUT2D eigenvalue weighted by molar-refractivity contribution is 6.30. The lowest BCUT2D eigenvalue weighted by Crippen LogP contribution is -2.58. The molecule has 1 saturated heterocycles. The Kier molecular flexibility index (Phi) is 3.72. The van der Waals surface area contributed by atoms with Crippen molar-refractivity contribution in [3.8, 4) is 5.75 Å². The molecule has 1 N–H and O–H groups in total. The van der Waals surface area contributed by atoms with Crippen LogP contribution < -0.4 is 9.64 Å². The number of H-pyrrole nitrogens is 1. The van der Waals surface area contributed by atoms with Gasteiger partial charge in [-0.25, -0.2) is 14.8 Å². The van der Waals surface area contributed by atoms with E-state index in [1.807, 2.05) is 17.2 Å². The van der Waals surface area contributed by atoms with Gasteiger partial charge in [-0.2, -0.15) is 0 Å². The minimum absolute atomic E-state index is 0.171. The zero-order valence-electron chi connectivity index (χ0n) is 14.6. The van der Waals surface area contributed by atoms with E-state index >= 15 is 0 Å². The molecular formula is C19H18ClN5O2. The number of nitrogens with one attached hydrogen (secondary N) is 1. The molecule has 2 aliphatic rings. The van der Waals surface area contributed by atoms with E-state index < -0.39 is 0 Å². The normalized spacial score (nSPS) is 18.1. The fraction of sp³-hybridized carbons (Fsp3) is 0.316. The number of hydrogen-bond donors (Lipinski definition) is 1. The average Bonchev–Trinajstić information content (AvgIpc) is 3.25. The molecule has 3 aromatic rings. The molecule has 3 heterocycles. The Morgan fingerprint density at radius 1 is 1.15 bits per heavy atom. The number of carbonyl (C=O) groups excluding carboxylic acids is 1. The van der Waals surface area contributed by atoms with Crippen LogP contribution in [0.2, 0.25) is 5.02 Å². The number of aromatic nitrogens is 3. The number of nitrogens with zero attached hydrogens (tertiary/aromatic N) is 4. The number of piperazine rings is 1. The maximum Gasteiger partial charge on any atom is 0.415 e. The minimum atomic E-state index is -0.302. The van der Waals surface area contributed by atoms with Crippen LogP contribution in [0.1, 0.15) is 12.8 Å². The van der Waals surface area contributed by atoms with Crippen LogP contribution >= 0.6 is 11.6 Å². The standard InChI is InChI=1S/C19H18ClN5O2/c20-13-1-3-14(4-2-13)27-18(26)25-10-9-24(11-19(25)6-7-19)17-15-5-8-21-16(15)22-12-23-17/h1-5,8,12H,6-7,9-11H2,(H,21,22,23). The molecule has 138 valence electrons. The summed E-state index contributed by atoms with van der Waals surface area (Å²) in [7, 11) is 0. The lowest BCUT2D eigenvalue weighted by molar-refractivity contribution is 0.116. The predicted octanol–water partition coefficient (Wildman–Crippen LogP) is 3.46. The molecule has 27 heavy (non-hydrogen) atoms. The summed E-state index contributed by atoms with van der Waals surface area (Å²) in [5.41, 5.74) is 0.657. The quantitative estimate of drug-likeness (QED) is 0.733. The molecule has 1 spiro atoms. The zero-order valence-corrected chi connectivity index (χ0v) is 15.3. The van der Waals surface area contributed by atoms with Crippen LogP contribution in [0.5, 0.6) is 5.75 Å². The van der Waals surface area contributed by atoms with Gasteiger partial charge >= 0.3 is 6.09 Å². The lowest BCUT2D eigenvalue weighted by Gasteiger charge is -2.42. The Labute approximate surface area is 160 Å². The Morgan fingerprint density at radius 3 is 2.74 bits per heavy atom. The van der Waals surface area contributed by atoms with Crippen molar-refractivity contribution in [2.75, 3.05) is 24.5 Å². The number of fused-ring (bicyclic) bond motifs is 1. The van der Waals surface area contributed by atoms with Crippen LogP contribution in [0.25, 0.3) is 11.0 Å². The number of hydrogen-bond acceptors (Lipinski definition) is 5. The smallest absolute Gasteiger partial charge is 0.410 e. The molecule has 1 aliphatic carbocycles. The molecule has 1 amide bonds. The van der Waals surface area contributed by atoms with E-state index in [-0.39, 0.29) is 11.6 Å².